The highest BCUT2D eigenvalue weighted by Gasteiger charge is 2.44. The fraction of sp³-hybridized carbons (Fsp3) is 0.571. The maximum atomic E-state index is 10.9. The van der Waals surface area contributed by atoms with Crippen LogP contribution in [0.5, 0.6) is 0 Å². The highest BCUT2D eigenvalue weighted by Crippen LogP contribution is 2.48. The molecule has 1 fully saturated rings. The molecule has 1 unspecified atom stereocenters. The first kappa shape index (κ1) is 12.9. The average Bonchev–Trinajstić information content (AvgIpc) is 3.10. The maximum Gasteiger partial charge on any atom is 0.0937 e. The van der Waals surface area contributed by atoms with Crippen LogP contribution in [0.1, 0.15) is 24.8 Å². The molecule has 1 aromatic carbocycles. The second-order valence-electron chi connectivity index (χ2n) is 5.26. The molecular formula is C14H20ClNO. The van der Waals surface area contributed by atoms with E-state index in [9.17, 15) is 5.11 Å². The highest BCUT2D eigenvalue weighted by atomic mass is 35.5. The van der Waals surface area contributed by atoms with Gasteiger partial charge in [-0.3, -0.25) is 0 Å². The Morgan fingerprint density at radius 3 is 2.65 bits per heavy atom. The van der Waals surface area contributed by atoms with Crippen molar-refractivity contribution in [2.45, 2.75) is 24.9 Å². The summed E-state index contributed by atoms with van der Waals surface area (Å²) in [5, 5.41) is 11.6. The standard InChI is InChI=1S/C14H20ClNO/c1-16(2)9-8-14(17,11-6-7-11)12-4-3-5-13(15)10-12/h3-5,10-11,17H,6-9H2,1-2H3. The van der Waals surface area contributed by atoms with Crippen LogP contribution in [-0.2, 0) is 5.60 Å². The SMILES string of the molecule is CN(C)CCC(O)(c1cccc(Cl)c1)C1CC1. The van der Waals surface area contributed by atoms with E-state index in [1.165, 1.54) is 0 Å². The Morgan fingerprint density at radius 1 is 1.41 bits per heavy atom. The van der Waals surface area contributed by atoms with E-state index in [-0.39, 0.29) is 0 Å². The van der Waals surface area contributed by atoms with Crippen molar-refractivity contribution >= 4 is 11.6 Å². The lowest BCUT2D eigenvalue weighted by Gasteiger charge is -2.30. The van der Waals surface area contributed by atoms with Crippen molar-refractivity contribution in [1.82, 2.24) is 4.90 Å². The molecule has 1 atom stereocenters. The summed E-state index contributed by atoms with van der Waals surface area (Å²) in [5.41, 5.74) is 0.268. The zero-order valence-corrected chi connectivity index (χ0v) is 11.2. The molecule has 1 aliphatic rings. The number of hydrogen-bond acceptors (Lipinski definition) is 2. The molecule has 0 heterocycles. The molecule has 1 aliphatic carbocycles. The summed E-state index contributed by atoms with van der Waals surface area (Å²) in [7, 11) is 4.07. The van der Waals surface area contributed by atoms with E-state index in [1.54, 1.807) is 0 Å². The van der Waals surface area contributed by atoms with E-state index >= 15 is 0 Å². The second-order valence-corrected chi connectivity index (χ2v) is 5.70. The van der Waals surface area contributed by atoms with Crippen molar-refractivity contribution in [1.29, 1.82) is 0 Å². The van der Waals surface area contributed by atoms with E-state index in [1.807, 2.05) is 38.4 Å². The first-order valence-electron chi connectivity index (χ1n) is 6.15. The lowest BCUT2D eigenvalue weighted by molar-refractivity contribution is -0.00150. The predicted octanol–water partition coefficient (Wildman–Crippen LogP) is 2.89. The molecule has 94 valence electrons. The Bertz CT molecular complexity index is 390. The van der Waals surface area contributed by atoms with Gasteiger partial charge in [0.15, 0.2) is 0 Å². The van der Waals surface area contributed by atoms with Crippen LogP contribution in [-0.4, -0.2) is 30.6 Å². The quantitative estimate of drug-likeness (QED) is 0.872. The molecule has 17 heavy (non-hydrogen) atoms. The lowest BCUT2D eigenvalue weighted by atomic mass is 9.85. The minimum absolute atomic E-state index is 0.404. The molecule has 0 aliphatic heterocycles. The second kappa shape index (κ2) is 4.97. The van der Waals surface area contributed by atoms with E-state index < -0.39 is 5.60 Å². The van der Waals surface area contributed by atoms with Gasteiger partial charge in [0, 0.05) is 11.6 Å². The number of rotatable bonds is 5. The fourth-order valence-corrected chi connectivity index (χ4v) is 2.49. The summed E-state index contributed by atoms with van der Waals surface area (Å²) in [4.78, 5) is 2.11. The molecule has 1 aromatic rings. The van der Waals surface area contributed by atoms with Gasteiger partial charge in [-0.1, -0.05) is 23.7 Å². The van der Waals surface area contributed by atoms with Gasteiger partial charge in [-0.05, 0) is 57.0 Å². The molecule has 0 amide bonds. The summed E-state index contributed by atoms with van der Waals surface area (Å²) in [5.74, 6) is 0.404. The van der Waals surface area contributed by atoms with Crippen LogP contribution < -0.4 is 0 Å². The van der Waals surface area contributed by atoms with Crippen molar-refractivity contribution in [2.75, 3.05) is 20.6 Å². The molecular weight excluding hydrogens is 234 g/mol. The Hall–Kier alpha value is -0.570. The van der Waals surface area contributed by atoms with Gasteiger partial charge in [0.25, 0.3) is 0 Å². The number of aliphatic hydroxyl groups is 1. The lowest BCUT2D eigenvalue weighted by Crippen LogP contribution is -2.32. The van der Waals surface area contributed by atoms with Crippen molar-refractivity contribution < 1.29 is 5.11 Å². The van der Waals surface area contributed by atoms with Crippen LogP contribution in [0.3, 0.4) is 0 Å². The number of halogens is 1. The largest absolute Gasteiger partial charge is 0.385 e. The number of benzene rings is 1. The molecule has 0 aromatic heterocycles. The molecule has 3 heteroatoms. The first-order valence-corrected chi connectivity index (χ1v) is 6.53. The topological polar surface area (TPSA) is 23.5 Å². The maximum absolute atomic E-state index is 10.9. The summed E-state index contributed by atoms with van der Waals surface area (Å²) in [6.07, 6.45) is 3.01. The summed E-state index contributed by atoms with van der Waals surface area (Å²) in [6.45, 7) is 0.888. The zero-order chi connectivity index (χ0) is 12.5. The van der Waals surface area contributed by atoms with E-state index in [0.717, 1.165) is 31.4 Å². The Balaban J connectivity index is 2.21. The van der Waals surface area contributed by atoms with Gasteiger partial charge >= 0.3 is 0 Å². The molecule has 0 bridgehead atoms. The van der Waals surface area contributed by atoms with Crippen LogP contribution in [0.15, 0.2) is 24.3 Å². The Labute approximate surface area is 108 Å². The van der Waals surface area contributed by atoms with Gasteiger partial charge in [-0.2, -0.15) is 0 Å². The molecule has 2 nitrogen and oxygen atoms in total. The summed E-state index contributed by atoms with van der Waals surface area (Å²) < 4.78 is 0. The molecule has 0 radical (unpaired) electrons. The molecule has 0 saturated heterocycles. The van der Waals surface area contributed by atoms with Crippen molar-refractivity contribution in [3.05, 3.63) is 34.9 Å². The zero-order valence-electron chi connectivity index (χ0n) is 10.5. The highest BCUT2D eigenvalue weighted by molar-refractivity contribution is 6.30. The number of nitrogens with zero attached hydrogens (tertiary/aromatic N) is 1. The third kappa shape index (κ3) is 3.01. The molecule has 0 spiro atoms. The predicted molar refractivity (Wildman–Crippen MR) is 71.2 cm³/mol. The van der Waals surface area contributed by atoms with Crippen molar-refractivity contribution in [3.8, 4) is 0 Å². The minimum Gasteiger partial charge on any atom is -0.385 e. The Kier molecular flexibility index (Phi) is 3.76. The van der Waals surface area contributed by atoms with E-state index in [4.69, 9.17) is 11.6 Å². The third-order valence-corrected chi connectivity index (χ3v) is 3.75. The van der Waals surface area contributed by atoms with Gasteiger partial charge in [0.05, 0.1) is 5.60 Å². The van der Waals surface area contributed by atoms with Crippen LogP contribution >= 0.6 is 11.6 Å². The van der Waals surface area contributed by atoms with Crippen LogP contribution in [0.4, 0.5) is 0 Å². The van der Waals surface area contributed by atoms with Gasteiger partial charge in [-0.25, -0.2) is 0 Å². The normalized spacial score (nSPS) is 19.4. The monoisotopic (exact) mass is 253 g/mol. The van der Waals surface area contributed by atoms with Crippen LogP contribution in [0, 0.1) is 5.92 Å². The molecule has 2 rings (SSSR count). The van der Waals surface area contributed by atoms with Crippen molar-refractivity contribution in [3.63, 3.8) is 0 Å². The van der Waals surface area contributed by atoms with Gasteiger partial charge in [0.2, 0.25) is 0 Å². The van der Waals surface area contributed by atoms with E-state index in [0.29, 0.717) is 10.9 Å². The Morgan fingerprint density at radius 2 is 2.12 bits per heavy atom. The van der Waals surface area contributed by atoms with Gasteiger partial charge in [0.1, 0.15) is 0 Å². The third-order valence-electron chi connectivity index (χ3n) is 3.52. The smallest absolute Gasteiger partial charge is 0.0937 e. The van der Waals surface area contributed by atoms with Gasteiger partial charge in [-0.15, -0.1) is 0 Å². The van der Waals surface area contributed by atoms with Crippen LogP contribution in [0.25, 0.3) is 0 Å². The minimum atomic E-state index is -0.699. The van der Waals surface area contributed by atoms with Gasteiger partial charge < -0.3 is 10.0 Å². The molecule has 1 N–H and O–H groups in total. The van der Waals surface area contributed by atoms with Crippen molar-refractivity contribution in [2.24, 2.45) is 5.92 Å². The average molecular weight is 254 g/mol. The summed E-state index contributed by atoms with van der Waals surface area (Å²) in [6, 6.07) is 7.65. The van der Waals surface area contributed by atoms with Crippen LogP contribution in [0.2, 0.25) is 5.02 Å². The first-order chi connectivity index (χ1) is 8.02. The number of hydrogen-bond donors (Lipinski definition) is 1. The van der Waals surface area contributed by atoms with E-state index in [2.05, 4.69) is 4.90 Å². The fourth-order valence-electron chi connectivity index (χ4n) is 2.30. The molecule has 1 saturated carbocycles. The summed E-state index contributed by atoms with van der Waals surface area (Å²) >= 11 is 6.02.